The molecule has 2 nitrogen and oxygen atoms in total. The van der Waals surface area contributed by atoms with Gasteiger partial charge in [-0.15, -0.1) is 0 Å². The summed E-state index contributed by atoms with van der Waals surface area (Å²) in [6.45, 7) is 9.50. The second-order valence-electron chi connectivity index (χ2n) is 5.46. The summed E-state index contributed by atoms with van der Waals surface area (Å²) in [4.78, 5) is 0. The van der Waals surface area contributed by atoms with Crippen molar-refractivity contribution in [2.45, 2.75) is 45.6 Å². The summed E-state index contributed by atoms with van der Waals surface area (Å²) in [6.07, 6.45) is 0.995. The number of hydrogen-bond donors (Lipinski definition) is 1. The summed E-state index contributed by atoms with van der Waals surface area (Å²) in [7, 11) is 1.98. The third kappa shape index (κ3) is 4.78. The lowest BCUT2D eigenvalue weighted by atomic mass is 10.0. The summed E-state index contributed by atoms with van der Waals surface area (Å²) in [6, 6.07) is 8.40. The van der Waals surface area contributed by atoms with Gasteiger partial charge in [0.2, 0.25) is 0 Å². The van der Waals surface area contributed by atoms with Crippen LogP contribution >= 0.6 is 0 Å². The smallest absolute Gasteiger partial charge is 0.119 e. The maximum atomic E-state index is 5.74. The third-order valence-corrected chi connectivity index (χ3v) is 3.22. The molecule has 0 atom stereocenters. The van der Waals surface area contributed by atoms with Gasteiger partial charge in [-0.3, -0.25) is 0 Å². The van der Waals surface area contributed by atoms with Gasteiger partial charge >= 0.3 is 0 Å². The van der Waals surface area contributed by atoms with Crippen molar-refractivity contribution >= 4 is 0 Å². The van der Waals surface area contributed by atoms with Crippen molar-refractivity contribution in [3.05, 3.63) is 29.8 Å². The Morgan fingerprint density at radius 1 is 1.18 bits per heavy atom. The minimum atomic E-state index is 0.137. The normalized spacial score (nSPS) is 11.9. The first-order valence-electron chi connectivity index (χ1n) is 6.36. The first kappa shape index (κ1) is 14.0. The fraction of sp³-hybridized carbons (Fsp3) is 0.600. The molecule has 1 N–H and O–H groups in total. The number of ether oxygens (including phenoxy) is 1. The minimum Gasteiger partial charge on any atom is -0.494 e. The standard InChI is InChI=1S/C15H25NO/c1-12(2)13-6-8-14(9-7-13)17-11-10-15(3,4)16-5/h6-9,12,16H,10-11H2,1-5H3. The molecule has 0 bridgehead atoms. The van der Waals surface area contributed by atoms with Crippen molar-refractivity contribution in [2.75, 3.05) is 13.7 Å². The van der Waals surface area contributed by atoms with Crippen molar-refractivity contribution in [3.63, 3.8) is 0 Å². The molecule has 0 unspecified atom stereocenters. The Morgan fingerprint density at radius 3 is 2.24 bits per heavy atom. The first-order valence-corrected chi connectivity index (χ1v) is 6.36. The Labute approximate surface area is 105 Å². The molecule has 0 spiro atoms. The fourth-order valence-electron chi connectivity index (χ4n) is 1.50. The predicted molar refractivity (Wildman–Crippen MR) is 73.8 cm³/mol. The molecule has 0 aliphatic rings. The Balaban J connectivity index is 2.42. The van der Waals surface area contributed by atoms with Gasteiger partial charge in [0.05, 0.1) is 6.61 Å². The Bertz CT molecular complexity index is 327. The van der Waals surface area contributed by atoms with E-state index in [1.807, 2.05) is 7.05 Å². The van der Waals surface area contributed by atoms with Crippen molar-refractivity contribution in [1.82, 2.24) is 5.32 Å². The average Bonchev–Trinajstić information content (AvgIpc) is 2.29. The van der Waals surface area contributed by atoms with Crippen LogP contribution in [0.25, 0.3) is 0 Å². The molecule has 1 aromatic rings. The van der Waals surface area contributed by atoms with Gasteiger partial charge in [-0.2, -0.15) is 0 Å². The molecule has 0 saturated heterocycles. The molecule has 1 rings (SSSR count). The molecule has 17 heavy (non-hydrogen) atoms. The summed E-state index contributed by atoms with van der Waals surface area (Å²) in [5.74, 6) is 1.54. The van der Waals surface area contributed by atoms with Crippen LogP contribution in [0.3, 0.4) is 0 Å². The molecule has 0 heterocycles. The van der Waals surface area contributed by atoms with Crippen LogP contribution in [0.2, 0.25) is 0 Å². The van der Waals surface area contributed by atoms with E-state index in [2.05, 4.69) is 57.3 Å². The second kappa shape index (κ2) is 6.06. The monoisotopic (exact) mass is 235 g/mol. The van der Waals surface area contributed by atoms with E-state index in [9.17, 15) is 0 Å². The Morgan fingerprint density at radius 2 is 1.76 bits per heavy atom. The lowest BCUT2D eigenvalue weighted by Crippen LogP contribution is -2.37. The van der Waals surface area contributed by atoms with E-state index >= 15 is 0 Å². The highest BCUT2D eigenvalue weighted by atomic mass is 16.5. The van der Waals surface area contributed by atoms with E-state index in [4.69, 9.17) is 4.74 Å². The SMILES string of the molecule is CNC(C)(C)CCOc1ccc(C(C)C)cc1. The third-order valence-electron chi connectivity index (χ3n) is 3.22. The number of nitrogens with one attached hydrogen (secondary N) is 1. The van der Waals surface area contributed by atoms with E-state index in [1.54, 1.807) is 0 Å². The van der Waals surface area contributed by atoms with Gasteiger partial charge in [0.25, 0.3) is 0 Å². The van der Waals surface area contributed by atoms with Crippen molar-refractivity contribution in [2.24, 2.45) is 0 Å². The molecule has 0 fully saturated rings. The van der Waals surface area contributed by atoms with E-state index in [0.717, 1.165) is 18.8 Å². The Kier molecular flexibility index (Phi) is 5.01. The highest BCUT2D eigenvalue weighted by Gasteiger charge is 2.14. The van der Waals surface area contributed by atoms with Crippen molar-refractivity contribution in [3.8, 4) is 5.75 Å². The second-order valence-corrected chi connectivity index (χ2v) is 5.46. The molecule has 2 heteroatoms. The highest BCUT2D eigenvalue weighted by Crippen LogP contribution is 2.19. The van der Waals surface area contributed by atoms with Crippen molar-refractivity contribution in [1.29, 1.82) is 0 Å². The molecule has 0 saturated carbocycles. The minimum absolute atomic E-state index is 0.137. The molecular weight excluding hydrogens is 210 g/mol. The van der Waals surface area contributed by atoms with Crippen LogP contribution in [0.15, 0.2) is 24.3 Å². The van der Waals surface area contributed by atoms with Gasteiger partial charge < -0.3 is 10.1 Å². The summed E-state index contributed by atoms with van der Waals surface area (Å²) < 4.78 is 5.74. The van der Waals surface area contributed by atoms with E-state index in [-0.39, 0.29) is 5.54 Å². The molecule has 1 aromatic carbocycles. The molecule has 0 aliphatic heterocycles. The van der Waals surface area contributed by atoms with Gasteiger partial charge in [0.1, 0.15) is 5.75 Å². The average molecular weight is 235 g/mol. The van der Waals surface area contributed by atoms with Gasteiger partial charge in [-0.1, -0.05) is 26.0 Å². The number of rotatable bonds is 6. The van der Waals surface area contributed by atoms with E-state index < -0.39 is 0 Å². The largest absolute Gasteiger partial charge is 0.494 e. The van der Waals surface area contributed by atoms with Crippen LogP contribution in [0.1, 0.15) is 45.6 Å². The summed E-state index contributed by atoms with van der Waals surface area (Å²) in [5, 5.41) is 3.27. The van der Waals surface area contributed by atoms with Crippen LogP contribution in [-0.4, -0.2) is 19.2 Å². The van der Waals surface area contributed by atoms with Gasteiger partial charge in [-0.05, 0) is 50.9 Å². The van der Waals surface area contributed by atoms with E-state index in [0.29, 0.717) is 5.92 Å². The molecule has 0 amide bonds. The molecule has 0 aliphatic carbocycles. The maximum absolute atomic E-state index is 5.74. The fourth-order valence-corrected chi connectivity index (χ4v) is 1.50. The lowest BCUT2D eigenvalue weighted by molar-refractivity contribution is 0.256. The zero-order valence-electron chi connectivity index (χ0n) is 11.7. The molecule has 0 radical (unpaired) electrons. The van der Waals surface area contributed by atoms with Crippen LogP contribution in [0, 0.1) is 0 Å². The maximum Gasteiger partial charge on any atom is 0.119 e. The summed E-state index contributed by atoms with van der Waals surface area (Å²) >= 11 is 0. The highest BCUT2D eigenvalue weighted by molar-refractivity contribution is 5.28. The number of hydrogen-bond acceptors (Lipinski definition) is 2. The molecule has 0 aromatic heterocycles. The van der Waals surface area contributed by atoms with Crippen LogP contribution < -0.4 is 10.1 Å². The molecule has 96 valence electrons. The van der Waals surface area contributed by atoms with Crippen LogP contribution in [-0.2, 0) is 0 Å². The quantitative estimate of drug-likeness (QED) is 0.813. The van der Waals surface area contributed by atoms with Crippen molar-refractivity contribution < 1.29 is 4.74 Å². The molecular formula is C15H25NO. The van der Waals surface area contributed by atoms with Crippen LogP contribution in [0.4, 0.5) is 0 Å². The topological polar surface area (TPSA) is 21.3 Å². The summed E-state index contributed by atoms with van der Waals surface area (Å²) in [5.41, 5.74) is 1.49. The van der Waals surface area contributed by atoms with Gasteiger partial charge in [0, 0.05) is 5.54 Å². The zero-order chi connectivity index (χ0) is 12.9. The van der Waals surface area contributed by atoms with E-state index in [1.165, 1.54) is 5.56 Å². The first-order chi connectivity index (χ1) is 7.94. The zero-order valence-corrected chi connectivity index (χ0v) is 11.7. The lowest BCUT2D eigenvalue weighted by Gasteiger charge is -2.23. The van der Waals surface area contributed by atoms with Crippen LogP contribution in [0.5, 0.6) is 5.75 Å². The Hall–Kier alpha value is -1.02. The van der Waals surface area contributed by atoms with Gasteiger partial charge in [0.15, 0.2) is 0 Å². The predicted octanol–water partition coefficient (Wildman–Crippen LogP) is 3.58. The number of benzene rings is 1. The van der Waals surface area contributed by atoms with Gasteiger partial charge in [-0.25, -0.2) is 0 Å².